The molecule has 1 heterocycles. The summed E-state index contributed by atoms with van der Waals surface area (Å²) in [5.74, 6) is 0.232. The Morgan fingerprint density at radius 3 is 2.57 bits per heavy atom. The van der Waals surface area contributed by atoms with E-state index in [2.05, 4.69) is 51.0 Å². The summed E-state index contributed by atoms with van der Waals surface area (Å²) in [7, 11) is 0. The summed E-state index contributed by atoms with van der Waals surface area (Å²) in [6.07, 6.45) is 1.50. The number of carbonyl (C=O) groups excluding carboxylic acids is 1. The van der Waals surface area contributed by atoms with E-state index in [9.17, 15) is 4.79 Å². The van der Waals surface area contributed by atoms with Crippen molar-refractivity contribution in [2.75, 3.05) is 0 Å². The first-order chi connectivity index (χ1) is 9.80. The Balaban J connectivity index is 2.25. The molecule has 21 heavy (non-hydrogen) atoms. The van der Waals surface area contributed by atoms with Crippen molar-refractivity contribution in [3.8, 4) is 5.69 Å². The van der Waals surface area contributed by atoms with Gasteiger partial charge in [0.05, 0.1) is 22.6 Å². The monoisotopic (exact) mass is 282 g/mol. The molecule has 0 spiro atoms. The van der Waals surface area contributed by atoms with Gasteiger partial charge in [0.15, 0.2) is 5.78 Å². The van der Waals surface area contributed by atoms with Gasteiger partial charge in [0.25, 0.3) is 0 Å². The summed E-state index contributed by atoms with van der Waals surface area (Å²) in [6.45, 7) is 10.5. The maximum absolute atomic E-state index is 12.5. The molecular weight excluding hydrogens is 260 g/mol. The van der Waals surface area contributed by atoms with Crippen LogP contribution in [0.2, 0.25) is 0 Å². The van der Waals surface area contributed by atoms with Crippen LogP contribution in [0.15, 0.2) is 18.2 Å². The van der Waals surface area contributed by atoms with Crippen molar-refractivity contribution < 1.29 is 4.79 Å². The summed E-state index contributed by atoms with van der Waals surface area (Å²) in [5.41, 5.74) is 6.33. The molecule has 0 N–H and O–H groups in total. The second-order valence-electron chi connectivity index (χ2n) is 6.98. The first-order valence-corrected chi connectivity index (χ1v) is 7.48. The predicted octanol–water partition coefficient (Wildman–Crippen LogP) is 3.95. The lowest BCUT2D eigenvalue weighted by Crippen LogP contribution is -2.28. The van der Waals surface area contributed by atoms with Gasteiger partial charge in [-0.15, -0.1) is 0 Å². The van der Waals surface area contributed by atoms with Crippen molar-refractivity contribution in [1.29, 1.82) is 0 Å². The molecule has 0 amide bonds. The number of Topliss-reactive ketones (excluding diaryl/α,β-unsaturated/α-hetero) is 1. The lowest BCUT2D eigenvalue weighted by atomic mass is 9.75. The number of hydrogen-bond donors (Lipinski definition) is 0. The quantitative estimate of drug-likeness (QED) is 0.793. The van der Waals surface area contributed by atoms with Gasteiger partial charge in [-0.1, -0.05) is 26.0 Å². The van der Waals surface area contributed by atoms with Crippen LogP contribution in [0.4, 0.5) is 0 Å². The standard InChI is InChI=1S/C18H22N2O/c1-11-7-6-8-14(12(11)2)20-15-9-18(4,5)10-16(21)17(15)13(3)19-20/h6-8H,9-10H2,1-5H3. The molecule has 110 valence electrons. The third-order valence-electron chi connectivity index (χ3n) is 4.52. The number of hydrogen-bond acceptors (Lipinski definition) is 2. The number of ketones is 1. The molecule has 0 unspecified atom stereocenters. The molecule has 1 aliphatic carbocycles. The highest BCUT2D eigenvalue weighted by Gasteiger charge is 2.35. The van der Waals surface area contributed by atoms with Gasteiger partial charge in [0.1, 0.15) is 0 Å². The van der Waals surface area contributed by atoms with Crippen LogP contribution in [0.1, 0.15) is 53.1 Å². The lowest BCUT2D eigenvalue weighted by molar-refractivity contribution is 0.0910. The maximum atomic E-state index is 12.5. The van der Waals surface area contributed by atoms with Crippen LogP contribution in [0, 0.1) is 26.2 Å². The van der Waals surface area contributed by atoms with Gasteiger partial charge in [-0.05, 0) is 49.8 Å². The molecule has 3 heteroatoms. The number of aryl methyl sites for hydroxylation is 2. The minimum atomic E-state index is 0.00599. The Morgan fingerprint density at radius 2 is 1.86 bits per heavy atom. The van der Waals surface area contributed by atoms with Crippen molar-refractivity contribution in [3.63, 3.8) is 0 Å². The SMILES string of the molecule is Cc1cccc(-n2nc(C)c3c2CC(C)(C)CC3=O)c1C. The summed E-state index contributed by atoms with van der Waals surface area (Å²) in [6, 6.07) is 6.24. The molecule has 0 atom stereocenters. The fourth-order valence-electron chi connectivity index (χ4n) is 3.30. The predicted molar refractivity (Wildman–Crippen MR) is 84.2 cm³/mol. The van der Waals surface area contributed by atoms with Gasteiger partial charge in [0.2, 0.25) is 0 Å². The molecule has 3 nitrogen and oxygen atoms in total. The molecule has 0 radical (unpaired) electrons. The summed E-state index contributed by atoms with van der Waals surface area (Å²) < 4.78 is 1.99. The van der Waals surface area contributed by atoms with Crippen LogP contribution in [0.3, 0.4) is 0 Å². The molecular formula is C18H22N2O. The maximum Gasteiger partial charge on any atom is 0.167 e. The van der Waals surface area contributed by atoms with E-state index in [0.29, 0.717) is 6.42 Å². The number of rotatable bonds is 1. The molecule has 0 saturated carbocycles. The van der Waals surface area contributed by atoms with Gasteiger partial charge in [0, 0.05) is 6.42 Å². The Labute approximate surface area is 126 Å². The highest BCUT2D eigenvalue weighted by Crippen LogP contribution is 2.37. The first-order valence-electron chi connectivity index (χ1n) is 7.48. The van der Waals surface area contributed by atoms with Crippen LogP contribution < -0.4 is 0 Å². The van der Waals surface area contributed by atoms with E-state index in [4.69, 9.17) is 0 Å². The Bertz CT molecular complexity index is 738. The zero-order valence-electron chi connectivity index (χ0n) is 13.4. The van der Waals surface area contributed by atoms with Crippen LogP contribution >= 0.6 is 0 Å². The van der Waals surface area contributed by atoms with Crippen LogP contribution in [0.5, 0.6) is 0 Å². The molecule has 1 aromatic carbocycles. The van der Waals surface area contributed by atoms with E-state index in [-0.39, 0.29) is 11.2 Å². The topological polar surface area (TPSA) is 34.9 Å². The van der Waals surface area contributed by atoms with Gasteiger partial charge >= 0.3 is 0 Å². The summed E-state index contributed by atoms with van der Waals surface area (Å²) in [5, 5.41) is 4.68. The zero-order chi connectivity index (χ0) is 15.4. The van der Waals surface area contributed by atoms with Gasteiger partial charge in [-0.25, -0.2) is 4.68 Å². The van der Waals surface area contributed by atoms with Gasteiger partial charge in [-0.3, -0.25) is 4.79 Å². The smallest absolute Gasteiger partial charge is 0.167 e. The van der Waals surface area contributed by atoms with Crippen molar-refractivity contribution in [2.45, 2.75) is 47.5 Å². The molecule has 3 rings (SSSR count). The average molecular weight is 282 g/mol. The van der Waals surface area contributed by atoms with E-state index in [1.54, 1.807) is 0 Å². The second kappa shape index (κ2) is 4.55. The van der Waals surface area contributed by atoms with E-state index >= 15 is 0 Å². The molecule has 0 bridgehead atoms. The van der Waals surface area contributed by atoms with E-state index in [0.717, 1.165) is 29.1 Å². The molecule has 1 aromatic heterocycles. The Hall–Kier alpha value is -1.90. The molecule has 0 saturated heterocycles. The fraction of sp³-hybridized carbons (Fsp3) is 0.444. The molecule has 0 fully saturated rings. The van der Waals surface area contributed by atoms with Crippen molar-refractivity contribution >= 4 is 5.78 Å². The van der Waals surface area contributed by atoms with E-state index < -0.39 is 0 Å². The molecule has 1 aliphatic rings. The summed E-state index contributed by atoms with van der Waals surface area (Å²) in [4.78, 5) is 12.5. The highest BCUT2D eigenvalue weighted by molar-refractivity contribution is 5.99. The van der Waals surface area contributed by atoms with E-state index in [1.165, 1.54) is 11.1 Å². The minimum Gasteiger partial charge on any atom is -0.294 e. The Morgan fingerprint density at radius 1 is 1.14 bits per heavy atom. The van der Waals surface area contributed by atoms with Crippen molar-refractivity contribution in [1.82, 2.24) is 9.78 Å². The number of carbonyl (C=O) groups is 1. The number of aromatic nitrogens is 2. The number of fused-ring (bicyclic) bond motifs is 1. The van der Waals surface area contributed by atoms with Gasteiger partial charge in [-0.2, -0.15) is 5.10 Å². The highest BCUT2D eigenvalue weighted by atomic mass is 16.1. The summed E-state index contributed by atoms with van der Waals surface area (Å²) >= 11 is 0. The molecule has 0 aliphatic heterocycles. The third kappa shape index (κ3) is 2.21. The van der Waals surface area contributed by atoms with Crippen LogP contribution in [0.25, 0.3) is 5.69 Å². The number of nitrogens with zero attached hydrogens (tertiary/aromatic N) is 2. The second-order valence-corrected chi connectivity index (χ2v) is 6.98. The van der Waals surface area contributed by atoms with Crippen LogP contribution in [-0.4, -0.2) is 15.6 Å². The lowest BCUT2D eigenvalue weighted by Gasteiger charge is -2.29. The molecule has 2 aromatic rings. The average Bonchev–Trinajstić information content (AvgIpc) is 2.68. The number of benzene rings is 1. The van der Waals surface area contributed by atoms with Crippen molar-refractivity contribution in [2.24, 2.45) is 5.41 Å². The fourth-order valence-corrected chi connectivity index (χ4v) is 3.30. The van der Waals surface area contributed by atoms with Gasteiger partial charge < -0.3 is 0 Å². The van der Waals surface area contributed by atoms with Crippen LogP contribution in [-0.2, 0) is 6.42 Å². The third-order valence-corrected chi connectivity index (χ3v) is 4.52. The minimum absolute atomic E-state index is 0.00599. The van der Waals surface area contributed by atoms with Crippen molar-refractivity contribution in [3.05, 3.63) is 46.3 Å². The zero-order valence-corrected chi connectivity index (χ0v) is 13.4. The van der Waals surface area contributed by atoms with E-state index in [1.807, 2.05) is 11.6 Å². The normalized spacial score (nSPS) is 16.9. The Kier molecular flexibility index (Phi) is 3.05. The first kappa shape index (κ1) is 14.1. The largest absolute Gasteiger partial charge is 0.294 e.